The van der Waals surface area contributed by atoms with Crippen molar-refractivity contribution >= 4 is 28.8 Å². The van der Waals surface area contributed by atoms with Gasteiger partial charge < -0.3 is 4.90 Å². The van der Waals surface area contributed by atoms with Crippen molar-refractivity contribution in [3.8, 4) is 10.6 Å². The van der Waals surface area contributed by atoms with Crippen LogP contribution in [-0.2, 0) is 17.8 Å². The van der Waals surface area contributed by atoms with Crippen molar-refractivity contribution in [2.45, 2.75) is 45.2 Å². The molecule has 1 saturated heterocycles. The SMILES string of the molecule is Cc1ccc(F)c(-c2nc3c(s2)CN(CC(=O)N2CCN(C4CCC4)CC2)CC3)c1Cl. The van der Waals surface area contributed by atoms with Crippen LogP contribution in [0.15, 0.2) is 12.1 Å². The fourth-order valence-corrected chi connectivity index (χ4v) is 6.22. The van der Waals surface area contributed by atoms with Crippen LogP contribution in [-0.4, -0.2) is 70.9 Å². The molecule has 31 heavy (non-hydrogen) atoms. The highest BCUT2D eigenvalue weighted by Gasteiger charge is 2.31. The Labute approximate surface area is 191 Å². The third kappa shape index (κ3) is 4.25. The molecule has 1 aromatic carbocycles. The summed E-state index contributed by atoms with van der Waals surface area (Å²) in [5.41, 5.74) is 2.25. The quantitative estimate of drug-likeness (QED) is 0.689. The highest BCUT2D eigenvalue weighted by Crippen LogP contribution is 2.38. The van der Waals surface area contributed by atoms with E-state index in [0.29, 0.717) is 28.7 Å². The van der Waals surface area contributed by atoms with Crippen molar-refractivity contribution in [1.82, 2.24) is 19.7 Å². The van der Waals surface area contributed by atoms with Gasteiger partial charge >= 0.3 is 0 Å². The van der Waals surface area contributed by atoms with Crippen molar-refractivity contribution in [2.75, 3.05) is 39.3 Å². The predicted octanol–water partition coefficient (Wildman–Crippen LogP) is 3.97. The Kier molecular flexibility index (Phi) is 6.03. The molecule has 1 amide bonds. The summed E-state index contributed by atoms with van der Waals surface area (Å²) in [5, 5.41) is 1.07. The first-order valence-electron chi connectivity index (χ1n) is 11.2. The van der Waals surface area contributed by atoms with Crippen LogP contribution in [0, 0.1) is 12.7 Å². The first kappa shape index (κ1) is 21.3. The zero-order valence-electron chi connectivity index (χ0n) is 17.9. The molecule has 0 bridgehead atoms. The van der Waals surface area contributed by atoms with E-state index in [9.17, 15) is 9.18 Å². The average molecular weight is 463 g/mol. The topological polar surface area (TPSA) is 39.7 Å². The minimum absolute atomic E-state index is 0.217. The second kappa shape index (κ2) is 8.77. The van der Waals surface area contributed by atoms with Crippen LogP contribution in [0.2, 0.25) is 5.02 Å². The predicted molar refractivity (Wildman–Crippen MR) is 122 cm³/mol. The summed E-state index contributed by atoms with van der Waals surface area (Å²) in [7, 11) is 0. The Morgan fingerprint density at radius 3 is 2.71 bits per heavy atom. The number of aromatic nitrogens is 1. The summed E-state index contributed by atoms with van der Waals surface area (Å²) < 4.78 is 14.5. The molecule has 5 nitrogen and oxygen atoms in total. The lowest BCUT2D eigenvalue weighted by Crippen LogP contribution is -2.55. The molecule has 2 aliphatic heterocycles. The van der Waals surface area contributed by atoms with Crippen LogP contribution in [0.25, 0.3) is 10.6 Å². The van der Waals surface area contributed by atoms with Gasteiger partial charge in [0.2, 0.25) is 5.91 Å². The summed E-state index contributed by atoms with van der Waals surface area (Å²) >= 11 is 7.88. The molecule has 0 N–H and O–H groups in total. The van der Waals surface area contributed by atoms with Crippen molar-refractivity contribution in [1.29, 1.82) is 0 Å². The molecular formula is C23H28ClFN4OS. The molecule has 5 rings (SSSR count). The largest absolute Gasteiger partial charge is 0.339 e. The van der Waals surface area contributed by atoms with Crippen LogP contribution in [0.5, 0.6) is 0 Å². The number of aryl methyl sites for hydroxylation is 1. The van der Waals surface area contributed by atoms with E-state index in [1.54, 1.807) is 6.07 Å². The maximum Gasteiger partial charge on any atom is 0.236 e. The molecule has 0 spiro atoms. The van der Waals surface area contributed by atoms with Gasteiger partial charge in [0.05, 0.1) is 22.8 Å². The number of hydrogen-bond acceptors (Lipinski definition) is 5. The van der Waals surface area contributed by atoms with Crippen molar-refractivity contribution in [3.05, 3.63) is 39.1 Å². The van der Waals surface area contributed by atoms with E-state index in [1.807, 2.05) is 11.8 Å². The fourth-order valence-electron chi connectivity index (χ4n) is 4.72. The van der Waals surface area contributed by atoms with Crippen molar-refractivity contribution in [3.63, 3.8) is 0 Å². The molecule has 0 atom stereocenters. The van der Waals surface area contributed by atoms with Crippen molar-refractivity contribution < 1.29 is 9.18 Å². The van der Waals surface area contributed by atoms with Gasteiger partial charge in [0.25, 0.3) is 0 Å². The molecule has 0 unspecified atom stereocenters. The number of fused-ring (bicyclic) bond motifs is 1. The molecule has 2 aromatic rings. The Morgan fingerprint density at radius 2 is 2.00 bits per heavy atom. The number of rotatable bonds is 4. The number of thiazole rings is 1. The van der Waals surface area contributed by atoms with Crippen molar-refractivity contribution in [2.24, 2.45) is 0 Å². The smallest absolute Gasteiger partial charge is 0.236 e. The van der Waals surface area contributed by atoms with Crippen LogP contribution in [0.3, 0.4) is 0 Å². The van der Waals surface area contributed by atoms with Gasteiger partial charge in [-0.2, -0.15) is 0 Å². The molecule has 8 heteroatoms. The van der Waals surface area contributed by atoms with E-state index in [2.05, 4.69) is 9.80 Å². The Morgan fingerprint density at radius 1 is 1.23 bits per heavy atom. The van der Waals surface area contributed by atoms with E-state index >= 15 is 0 Å². The third-order valence-corrected chi connectivity index (χ3v) is 8.51. The molecule has 1 aliphatic carbocycles. The van der Waals surface area contributed by atoms with Crippen LogP contribution in [0.4, 0.5) is 4.39 Å². The van der Waals surface area contributed by atoms with Gasteiger partial charge in [0.1, 0.15) is 10.8 Å². The minimum Gasteiger partial charge on any atom is -0.339 e. The molecule has 1 saturated carbocycles. The van der Waals surface area contributed by atoms with Gasteiger partial charge in [-0.3, -0.25) is 14.6 Å². The van der Waals surface area contributed by atoms with E-state index in [4.69, 9.17) is 16.6 Å². The average Bonchev–Trinajstić information content (AvgIpc) is 3.13. The second-order valence-electron chi connectivity index (χ2n) is 8.90. The summed E-state index contributed by atoms with van der Waals surface area (Å²) in [5.74, 6) is -0.121. The van der Waals surface area contributed by atoms with Crippen LogP contribution >= 0.6 is 22.9 Å². The number of halogens is 2. The highest BCUT2D eigenvalue weighted by molar-refractivity contribution is 7.15. The first-order valence-corrected chi connectivity index (χ1v) is 12.4. The second-order valence-corrected chi connectivity index (χ2v) is 10.4. The van der Waals surface area contributed by atoms with Crippen LogP contribution in [0.1, 0.15) is 35.4 Å². The number of piperazine rings is 1. The van der Waals surface area contributed by atoms with Gasteiger partial charge in [-0.15, -0.1) is 11.3 Å². The molecule has 3 heterocycles. The lowest BCUT2D eigenvalue weighted by molar-refractivity contribution is -0.135. The third-order valence-electron chi connectivity index (χ3n) is 6.93. The summed E-state index contributed by atoms with van der Waals surface area (Å²) in [6.45, 7) is 7.48. The van der Waals surface area contributed by atoms with Crippen LogP contribution < -0.4 is 0 Å². The molecule has 166 valence electrons. The van der Waals surface area contributed by atoms with Gasteiger partial charge in [-0.1, -0.05) is 24.1 Å². The first-order chi connectivity index (χ1) is 15.0. The van der Waals surface area contributed by atoms with Gasteiger partial charge in [0, 0.05) is 56.6 Å². The van der Waals surface area contributed by atoms with Gasteiger partial charge in [-0.25, -0.2) is 9.37 Å². The standard InChI is InChI=1S/C23H28ClFN4OS/c1-15-5-6-17(25)21(22(15)24)23-26-18-7-8-27(13-19(18)31-23)14-20(30)29-11-9-28(10-12-29)16-3-2-4-16/h5-6,16H,2-4,7-14H2,1H3. The number of carbonyl (C=O) groups excluding carboxylic acids is 1. The Hall–Kier alpha value is -1.54. The summed E-state index contributed by atoms with van der Waals surface area (Å²) in [6.07, 6.45) is 4.76. The number of amides is 1. The lowest BCUT2D eigenvalue weighted by atomic mass is 9.91. The van der Waals surface area contributed by atoms with E-state index in [-0.39, 0.29) is 11.7 Å². The molecule has 0 radical (unpaired) electrons. The Balaban J connectivity index is 1.22. The number of benzene rings is 1. The van der Waals surface area contributed by atoms with Gasteiger partial charge in [-0.05, 0) is 31.4 Å². The molecule has 1 aromatic heterocycles. The minimum atomic E-state index is -0.338. The molecule has 3 aliphatic rings. The number of hydrogen-bond donors (Lipinski definition) is 0. The fraction of sp³-hybridized carbons (Fsp3) is 0.565. The highest BCUT2D eigenvalue weighted by atomic mass is 35.5. The normalized spacial score (nSPS) is 20.5. The van der Waals surface area contributed by atoms with Gasteiger partial charge in [0.15, 0.2) is 0 Å². The maximum absolute atomic E-state index is 14.5. The summed E-state index contributed by atoms with van der Waals surface area (Å²) in [4.78, 5) is 25.4. The monoisotopic (exact) mass is 462 g/mol. The van der Waals surface area contributed by atoms with E-state index in [1.165, 1.54) is 36.7 Å². The summed E-state index contributed by atoms with van der Waals surface area (Å²) in [6, 6.07) is 3.89. The maximum atomic E-state index is 14.5. The number of carbonyl (C=O) groups is 1. The number of nitrogens with zero attached hydrogens (tertiary/aromatic N) is 4. The lowest BCUT2D eigenvalue weighted by Gasteiger charge is -2.43. The van der Waals surface area contributed by atoms with E-state index in [0.717, 1.165) is 61.3 Å². The zero-order chi connectivity index (χ0) is 21.5. The molecule has 2 fully saturated rings. The Bertz CT molecular complexity index is 984. The zero-order valence-corrected chi connectivity index (χ0v) is 19.4. The molecular weight excluding hydrogens is 435 g/mol. The van der Waals surface area contributed by atoms with E-state index < -0.39 is 0 Å².